The molecule has 0 aliphatic heterocycles. The Bertz CT molecular complexity index is 854. The minimum atomic E-state index is 0.439. The Morgan fingerprint density at radius 1 is 1.12 bits per heavy atom. The first-order chi connectivity index (χ1) is 11.8. The third-order valence-electron chi connectivity index (χ3n) is 4.55. The van der Waals surface area contributed by atoms with Crippen LogP contribution in [-0.4, -0.2) is 19.0 Å². The molecule has 3 aromatic rings. The van der Waals surface area contributed by atoms with E-state index in [1.165, 1.54) is 16.3 Å². The highest BCUT2D eigenvalue weighted by Crippen LogP contribution is 2.41. The molecule has 1 heterocycles. The first-order valence-corrected chi connectivity index (χ1v) is 8.32. The molecule has 0 spiro atoms. The van der Waals surface area contributed by atoms with Crippen molar-refractivity contribution in [2.45, 2.75) is 24.9 Å². The number of hydrogen-bond acceptors (Lipinski definition) is 2. The predicted octanol–water partition coefficient (Wildman–Crippen LogP) is 3.65. The largest absolute Gasteiger partial charge is 0.467 e. The monoisotopic (exact) mass is 319 g/mol. The van der Waals surface area contributed by atoms with Crippen molar-refractivity contribution in [3.63, 3.8) is 0 Å². The lowest BCUT2D eigenvalue weighted by Crippen LogP contribution is -2.38. The number of aliphatic imine (C=N–C) groups is 1. The zero-order chi connectivity index (χ0) is 16.4. The maximum absolute atomic E-state index is 5.34. The Hall–Kier alpha value is -2.75. The van der Waals surface area contributed by atoms with Crippen molar-refractivity contribution in [2.24, 2.45) is 4.99 Å². The molecule has 1 aliphatic carbocycles. The van der Waals surface area contributed by atoms with Crippen LogP contribution in [0.15, 0.2) is 70.3 Å². The Kier molecular flexibility index (Phi) is 3.95. The van der Waals surface area contributed by atoms with Gasteiger partial charge in [-0.15, -0.1) is 0 Å². The minimum Gasteiger partial charge on any atom is -0.467 e. The van der Waals surface area contributed by atoms with Crippen molar-refractivity contribution >= 4 is 16.7 Å². The summed E-state index contributed by atoms with van der Waals surface area (Å²) in [6.45, 7) is 0.639. The lowest BCUT2D eigenvalue weighted by Gasteiger charge is -2.11. The van der Waals surface area contributed by atoms with Crippen LogP contribution >= 0.6 is 0 Å². The minimum absolute atomic E-state index is 0.439. The molecule has 0 unspecified atom stereocenters. The van der Waals surface area contributed by atoms with Crippen LogP contribution in [0.5, 0.6) is 0 Å². The van der Waals surface area contributed by atoms with Gasteiger partial charge in [0.25, 0.3) is 0 Å². The van der Waals surface area contributed by atoms with E-state index in [9.17, 15) is 0 Å². The van der Waals surface area contributed by atoms with Gasteiger partial charge < -0.3 is 15.1 Å². The van der Waals surface area contributed by atoms with Crippen molar-refractivity contribution in [1.29, 1.82) is 0 Å². The molecule has 2 N–H and O–H groups in total. The Morgan fingerprint density at radius 3 is 2.79 bits per heavy atom. The number of hydrogen-bond donors (Lipinski definition) is 2. The highest BCUT2D eigenvalue weighted by molar-refractivity contribution is 5.83. The summed E-state index contributed by atoms with van der Waals surface area (Å²) in [6.07, 6.45) is 2.82. The van der Waals surface area contributed by atoms with E-state index in [2.05, 4.69) is 58.1 Å². The summed E-state index contributed by atoms with van der Waals surface area (Å²) in [4.78, 5) is 4.30. The molecule has 0 amide bonds. The summed E-state index contributed by atoms with van der Waals surface area (Å²) in [5.41, 5.74) is 1.40. The molecule has 0 radical (unpaired) electrons. The smallest absolute Gasteiger partial charge is 0.191 e. The fourth-order valence-corrected chi connectivity index (χ4v) is 3.12. The van der Waals surface area contributed by atoms with Gasteiger partial charge in [-0.05, 0) is 34.9 Å². The van der Waals surface area contributed by atoms with Crippen LogP contribution in [0.25, 0.3) is 10.8 Å². The second-order valence-corrected chi connectivity index (χ2v) is 6.20. The van der Waals surface area contributed by atoms with Crippen LogP contribution in [-0.2, 0) is 6.54 Å². The van der Waals surface area contributed by atoms with E-state index in [0.29, 0.717) is 18.5 Å². The number of nitrogens with zero attached hydrogens (tertiary/aromatic N) is 1. The average Bonchev–Trinajstić information content (AvgIpc) is 3.19. The number of rotatable bonds is 4. The van der Waals surface area contributed by atoms with Gasteiger partial charge in [0.05, 0.1) is 12.8 Å². The molecular formula is C20H21N3O. The zero-order valence-corrected chi connectivity index (χ0v) is 13.7. The summed E-state index contributed by atoms with van der Waals surface area (Å²) >= 11 is 0. The number of guanidine groups is 1. The molecule has 2 atom stereocenters. The van der Waals surface area contributed by atoms with Crippen molar-refractivity contribution in [1.82, 2.24) is 10.6 Å². The van der Waals surface area contributed by atoms with Gasteiger partial charge in [-0.25, -0.2) is 0 Å². The third-order valence-corrected chi connectivity index (χ3v) is 4.55. The fraction of sp³-hybridized carbons (Fsp3) is 0.250. The molecular weight excluding hydrogens is 298 g/mol. The molecule has 1 saturated carbocycles. The van der Waals surface area contributed by atoms with Crippen molar-refractivity contribution in [2.75, 3.05) is 7.05 Å². The van der Waals surface area contributed by atoms with E-state index in [1.807, 2.05) is 12.1 Å². The maximum atomic E-state index is 5.34. The van der Waals surface area contributed by atoms with Gasteiger partial charge in [-0.1, -0.05) is 42.5 Å². The van der Waals surface area contributed by atoms with E-state index in [-0.39, 0.29) is 0 Å². The molecule has 1 fully saturated rings. The molecule has 2 aromatic carbocycles. The maximum Gasteiger partial charge on any atom is 0.191 e. The van der Waals surface area contributed by atoms with Crippen LogP contribution in [0.3, 0.4) is 0 Å². The van der Waals surface area contributed by atoms with Gasteiger partial charge in [-0.2, -0.15) is 0 Å². The van der Waals surface area contributed by atoms with Crippen molar-refractivity contribution in [3.05, 3.63) is 72.2 Å². The fourth-order valence-electron chi connectivity index (χ4n) is 3.12. The highest BCUT2D eigenvalue weighted by Gasteiger charge is 2.39. The van der Waals surface area contributed by atoms with Gasteiger partial charge in [-0.3, -0.25) is 4.99 Å². The number of benzene rings is 2. The molecule has 1 aliphatic rings. The van der Waals surface area contributed by atoms with E-state index in [4.69, 9.17) is 4.42 Å². The number of nitrogens with one attached hydrogen (secondary N) is 2. The summed E-state index contributed by atoms with van der Waals surface area (Å²) in [7, 11) is 1.80. The van der Waals surface area contributed by atoms with E-state index in [0.717, 1.165) is 18.1 Å². The normalized spacial score (nSPS) is 20.1. The van der Waals surface area contributed by atoms with E-state index >= 15 is 0 Å². The third kappa shape index (κ3) is 3.13. The Labute approximate surface area is 141 Å². The van der Waals surface area contributed by atoms with Gasteiger partial charge in [0.1, 0.15) is 5.76 Å². The molecule has 1 aromatic heterocycles. The zero-order valence-electron chi connectivity index (χ0n) is 13.7. The quantitative estimate of drug-likeness (QED) is 0.570. The van der Waals surface area contributed by atoms with Crippen LogP contribution in [0.4, 0.5) is 0 Å². The average molecular weight is 319 g/mol. The van der Waals surface area contributed by atoms with Crippen LogP contribution < -0.4 is 10.6 Å². The van der Waals surface area contributed by atoms with Crippen molar-refractivity contribution in [3.8, 4) is 0 Å². The predicted molar refractivity (Wildman–Crippen MR) is 97.1 cm³/mol. The number of fused-ring (bicyclic) bond motifs is 1. The second kappa shape index (κ2) is 6.40. The molecule has 4 heteroatoms. The highest BCUT2D eigenvalue weighted by atomic mass is 16.3. The summed E-state index contributed by atoms with van der Waals surface area (Å²) < 4.78 is 5.34. The van der Waals surface area contributed by atoms with E-state index in [1.54, 1.807) is 13.3 Å². The van der Waals surface area contributed by atoms with Gasteiger partial charge >= 0.3 is 0 Å². The molecule has 122 valence electrons. The molecule has 4 nitrogen and oxygen atoms in total. The van der Waals surface area contributed by atoms with Gasteiger partial charge in [0.2, 0.25) is 0 Å². The van der Waals surface area contributed by atoms with Crippen LogP contribution in [0, 0.1) is 0 Å². The lowest BCUT2D eigenvalue weighted by molar-refractivity contribution is 0.501. The molecule has 0 bridgehead atoms. The van der Waals surface area contributed by atoms with Crippen molar-refractivity contribution < 1.29 is 4.42 Å². The Morgan fingerprint density at radius 2 is 2.00 bits per heavy atom. The second-order valence-electron chi connectivity index (χ2n) is 6.20. The summed E-state index contributed by atoms with van der Waals surface area (Å²) in [5.74, 6) is 2.27. The Balaban J connectivity index is 1.38. The molecule has 4 rings (SSSR count). The SMILES string of the molecule is CN=C(NCc1ccco1)N[C@@H]1C[C@H]1c1ccc2ccccc2c1. The first-order valence-electron chi connectivity index (χ1n) is 8.32. The summed E-state index contributed by atoms with van der Waals surface area (Å²) in [5, 5.41) is 9.39. The topological polar surface area (TPSA) is 49.6 Å². The lowest BCUT2D eigenvalue weighted by atomic mass is 10.0. The van der Waals surface area contributed by atoms with Gasteiger partial charge in [0.15, 0.2) is 5.96 Å². The van der Waals surface area contributed by atoms with Gasteiger partial charge in [0, 0.05) is 19.0 Å². The van der Waals surface area contributed by atoms with Crippen LogP contribution in [0.2, 0.25) is 0 Å². The molecule has 24 heavy (non-hydrogen) atoms. The summed E-state index contributed by atoms with van der Waals surface area (Å²) in [6, 6.07) is 19.6. The standard InChI is InChI=1S/C20H21N3O/c1-21-20(22-13-17-7-4-10-24-17)23-19-12-18(19)16-9-8-14-5-2-3-6-15(14)11-16/h2-11,18-19H,12-13H2,1H3,(H2,21,22,23)/t18-,19+/m0/s1. The molecule has 0 saturated heterocycles. The first kappa shape index (κ1) is 14.8. The van der Waals surface area contributed by atoms with E-state index < -0.39 is 0 Å². The number of furan rings is 1. The van der Waals surface area contributed by atoms with Crippen LogP contribution in [0.1, 0.15) is 23.7 Å².